The van der Waals surface area contributed by atoms with Crippen molar-refractivity contribution in [1.82, 2.24) is 9.03 Å². The van der Waals surface area contributed by atoms with Gasteiger partial charge in [-0.3, -0.25) is 0 Å². The Balaban J connectivity index is 2.13. The molecule has 0 radical (unpaired) electrons. The van der Waals surface area contributed by atoms with Crippen LogP contribution < -0.4 is 9.62 Å². The third kappa shape index (κ3) is 3.74. The summed E-state index contributed by atoms with van der Waals surface area (Å²) in [6, 6.07) is 5.95. The van der Waals surface area contributed by atoms with E-state index in [-0.39, 0.29) is 11.6 Å². The Morgan fingerprint density at radius 2 is 2.18 bits per heavy atom. The minimum Gasteiger partial charge on any atom is -0.368 e. The van der Waals surface area contributed by atoms with Crippen LogP contribution in [0.3, 0.4) is 0 Å². The Kier molecular flexibility index (Phi) is 5.01. The number of hydrogen-bond acceptors (Lipinski definition) is 4. The smallest absolute Gasteiger partial charge is 0.279 e. The van der Waals surface area contributed by atoms with Gasteiger partial charge in [0, 0.05) is 33.2 Å². The maximum absolute atomic E-state index is 14.1. The second-order valence-corrected chi connectivity index (χ2v) is 7.38. The van der Waals surface area contributed by atoms with E-state index in [0.717, 1.165) is 10.7 Å². The predicted octanol–water partition coefficient (Wildman–Crippen LogP) is 1.06. The molecule has 0 unspecified atom stereocenters. The summed E-state index contributed by atoms with van der Waals surface area (Å²) < 4.78 is 41.6. The molecule has 1 saturated heterocycles. The quantitative estimate of drug-likeness (QED) is 0.898. The highest BCUT2D eigenvalue weighted by molar-refractivity contribution is 7.87. The molecule has 120 valence electrons. The summed E-state index contributed by atoms with van der Waals surface area (Å²) in [7, 11) is -0.581. The Bertz CT molecular complexity index is 685. The highest BCUT2D eigenvalue weighted by Gasteiger charge is 2.26. The van der Waals surface area contributed by atoms with E-state index < -0.39 is 16.0 Å². The van der Waals surface area contributed by atoms with Crippen LogP contribution in [0.4, 0.5) is 10.1 Å². The fourth-order valence-corrected chi connectivity index (χ4v) is 3.27. The van der Waals surface area contributed by atoms with Gasteiger partial charge in [-0.15, -0.1) is 0 Å². The molecule has 0 aromatic heterocycles. The minimum atomic E-state index is -3.50. The molecular formula is C14H19FN4O2S. The van der Waals surface area contributed by atoms with Crippen LogP contribution in [0.2, 0.25) is 0 Å². The molecule has 6 nitrogen and oxygen atoms in total. The van der Waals surface area contributed by atoms with Gasteiger partial charge in [-0.1, -0.05) is 0 Å². The van der Waals surface area contributed by atoms with Gasteiger partial charge in [-0.2, -0.15) is 22.7 Å². The van der Waals surface area contributed by atoms with Crippen molar-refractivity contribution in [1.29, 1.82) is 5.26 Å². The number of benzene rings is 1. The first kappa shape index (κ1) is 16.7. The molecule has 1 aromatic rings. The largest absolute Gasteiger partial charge is 0.368 e. The molecule has 2 rings (SSSR count). The van der Waals surface area contributed by atoms with Crippen LogP contribution in [-0.2, 0) is 10.2 Å². The normalized spacial score (nSPS) is 19.2. The molecule has 1 aliphatic heterocycles. The standard InChI is InChI=1S/C14H19FN4O2S/c1-18(2)22(20,21)17-12-4-3-7-19(10-12)14-6-5-11(9-16)8-13(14)15/h5-6,8,12,17H,3-4,7,10H2,1-2H3/t12-/m1/s1. The second kappa shape index (κ2) is 6.60. The maximum atomic E-state index is 14.1. The zero-order valence-corrected chi connectivity index (χ0v) is 13.4. The molecule has 1 aromatic carbocycles. The van der Waals surface area contributed by atoms with Crippen LogP contribution in [0, 0.1) is 17.1 Å². The topological polar surface area (TPSA) is 76.4 Å². The molecule has 0 saturated carbocycles. The number of nitrogens with zero attached hydrogens (tertiary/aromatic N) is 3. The molecule has 22 heavy (non-hydrogen) atoms. The van der Waals surface area contributed by atoms with Crippen molar-refractivity contribution in [3.8, 4) is 6.07 Å². The number of rotatable bonds is 4. The molecule has 0 spiro atoms. The van der Waals surface area contributed by atoms with Gasteiger partial charge in [0.25, 0.3) is 10.2 Å². The van der Waals surface area contributed by atoms with E-state index in [1.807, 2.05) is 11.0 Å². The first-order valence-corrected chi connectivity index (χ1v) is 8.42. The molecular weight excluding hydrogens is 307 g/mol. The minimum absolute atomic E-state index is 0.267. The van der Waals surface area contributed by atoms with Gasteiger partial charge in [-0.05, 0) is 31.0 Å². The van der Waals surface area contributed by atoms with Crippen molar-refractivity contribution in [2.75, 3.05) is 32.1 Å². The fraction of sp³-hybridized carbons (Fsp3) is 0.500. The van der Waals surface area contributed by atoms with Gasteiger partial charge in [0.2, 0.25) is 0 Å². The van der Waals surface area contributed by atoms with Gasteiger partial charge >= 0.3 is 0 Å². The Labute approximate surface area is 130 Å². The van der Waals surface area contributed by atoms with Crippen LogP contribution in [0.25, 0.3) is 0 Å². The first-order valence-electron chi connectivity index (χ1n) is 6.98. The molecule has 1 heterocycles. The molecule has 8 heteroatoms. The lowest BCUT2D eigenvalue weighted by Crippen LogP contribution is -2.50. The lowest BCUT2D eigenvalue weighted by atomic mass is 10.1. The Morgan fingerprint density at radius 3 is 2.77 bits per heavy atom. The van der Waals surface area contributed by atoms with E-state index in [0.29, 0.717) is 25.2 Å². The molecule has 1 atom stereocenters. The Hall–Kier alpha value is -1.69. The number of halogens is 1. The first-order chi connectivity index (χ1) is 10.3. The molecule has 1 N–H and O–H groups in total. The van der Waals surface area contributed by atoms with Gasteiger partial charge in [0.15, 0.2) is 0 Å². The molecule has 0 bridgehead atoms. The molecule has 1 fully saturated rings. The zero-order chi connectivity index (χ0) is 16.3. The number of nitriles is 1. The van der Waals surface area contributed by atoms with Gasteiger partial charge in [-0.25, -0.2) is 4.39 Å². The van der Waals surface area contributed by atoms with E-state index >= 15 is 0 Å². The van der Waals surface area contributed by atoms with Crippen molar-refractivity contribution >= 4 is 15.9 Å². The van der Waals surface area contributed by atoms with E-state index in [4.69, 9.17) is 5.26 Å². The van der Waals surface area contributed by atoms with Crippen LogP contribution in [0.5, 0.6) is 0 Å². The molecule has 0 amide bonds. The lowest BCUT2D eigenvalue weighted by molar-refractivity contribution is 0.440. The van der Waals surface area contributed by atoms with Crippen molar-refractivity contribution in [3.05, 3.63) is 29.6 Å². The molecule has 1 aliphatic rings. The van der Waals surface area contributed by atoms with Crippen molar-refractivity contribution < 1.29 is 12.8 Å². The summed E-state index contributed by atoms with van der Waals surface area (Å²) in [5, 5.41) is 8.77. The third-order valence-corrected chi connectivity index (χ3v) is 5.23. The summed E-state index contributed by atoms with van der Waals surface area (Å²) in [6.07, 6.45) is 1.47. The van der Waals surface area contributed by atoms with Crippen molar-refractivity contribution in [3.63, 3.8) is 0 Å². The lowest BCUT2D eigenvalue weighted by Gasteiger charge is -2.35. The van der Waals surface area contributed by atoms with Crippen LogP contribution in [0.1, 0.15) is 18.4 Å². The monoisotopic (exact) mass is 326 g/mol. The summed E-state index contributed by atoms with van der Waals surface area (Å²) in [5.74, 6) is -0.463. The summed E-state index contributed by atoms with van der Waals surface area (Å²) in [6.45, 7) is 1.05. The van der Waals surface area contributed by atoms with Gasteiger partial charge < -0.3 is 4.90 Å². The molecule has 0 aliphatic carbocycles. The maximum Gasteiger partial charge on any atom is 0.279 e. The van der Waals surface area contributed by atoms with Gasteiger partial charge in [0.1, 0.15) is 5.82 Å². The number of anilines is 1. The second-order valence-electron chi connectivity index (χ2n) is 5.47. The highest BCUT2D eigenvalue weighted by atomic mass is 32.2. The van der Waals surface area contributed by atoms with E-state index in [2.05, 4.69) is 4.72 Å². The van der Waals surface area contributed by atoms with Crippen LogP contribution >= 0.6 is 0 Å². The average molecular weight is 326 g/mol. The SMILES string of the molecule is CN(C)S(=O)(=O)N[C@@H]1CCCN(c2ccc(C#N)cc2F)C1. The van der Waals surface area contributed by atoms with Crippen LogP contribution in [0.15, 0.2) is 18.2 Å². The van der Waals surface area contributed by atoms with Crippen molar-refractivity contribution in [2.45, 2.75) is 18.9 Å². The Morgan fingerprint density at radius 1 is 1.45 bits per heavy atom. The van der Waals surface area contributed by atoms with Crippen LogP contribution in [-0.4, -0.2) is 45.9 Å². The van der Waals surface area contributed by atoms with E-state index in [1.54, 1.807) is 12.1 Å². The highest BCUT2D eigenvalue weighted by Crippen LogP contribution is 2.24. The zero-order valence-electron chi connectivity index (χ0n) is 12.6. The predicted molar refractivity (Wildman–Crippen MR) is 82.1 cm³/mol. The van der Waals surface area contributed by atoms with Gasteiger partial charge in [0.05, 0.1) is 17.3 Å². The third-order valence-electron chi connectivity index (χ3n) is 3.64. The number of nitrogens with one attached hydrogen (secondary N) is 1. The van der Waals surface area contributed by atoms with E-state index in [9.17, 15) is 12.8 Å². The average Bonchev–Trinajstić information content (AvgIpc) is 2.46. The summed E-state index contributed by atoms with van der Waals surface area (Å²) in [5.41, 5.74) is 0.663. The number of piperidine rings is 1. The van der Waals surface area contributed by atoms with Crippen molar-refractivity contribution in [2.24, 2.45) is 0 Å². The number of hydrogen-bond donors (Lipinski definition) is 1. The summed E-state index contributed by atoms with van der Waals surface area (Å²) >= 11 is 0. The fourth-order valence-electron chi connectivity index (χ4n) is 2.44. The summed E-state index contributed by atoms with van der Waals surface area (Å²) in [4.78, 5) is 1.81. The van der Waals surface area contributed by atoms with E-state index in [1.165, 1.54) is 20.2 Å².